The van der Waals surface area contributed by atoms with E-state index in [0.29, 0.717) is 28.6 Å². The molecule has 2 N–H and O–H groups in total. The molecule has 128 valence electrons. The third-order valence-electron chi connectivity index (χ3n) is 4.17. The second kappa shape index (κ2) is 6.65. The number of nitrogens with two attached hydrogens (primary N) is 1. The lowest BCUT2D eigenvalue weighted by Crippen LogP contribution is -2.21. The average Bonchev–Trinajstić information content (AvgIpc) is 2.65. The normalized spacial score (nSPS) is 15.7. The van der Waals surface area contributed by atoms with Crippen LogP contribution in [0.3, 0.4) is 0 Å². The summed E-state index contributed by atoms with van der Waals surface area (Å²) in [6, 6.07) is 13.1. The fourth-order valence-corrected chi connectivity index (χ4v) is 3.02. The van der Waals surface area contributed by atoms with Crippen LogP contribution in [0.1, 0.15) is 17.0 Å². The van der Waals surface area contributed by atoms with E-state index in [0.717, 1.165) is 11.1 Å². The Balaban J connectivity index is 2.26. The minimum Gasteiger partial charge on any atom is -0.497 e. The van der Waals surface area contributed by atoms with Gasteiger partial charge in [0.2, 0.25) is 5.88 Å². The van der Waals surface area contributed by atoms with E-state index in [4.69, 9.17) is 24.7 Å². The summed E-state index contributed by atoms with van der Waals surface area (Å²) in [5.41, 5.74) is 7.91. The van der Waals surface area contributed by atoms with Crippen LogP contribution in [-0.2, 0) is 0 Å². The molecule has 0 amide bonds. The van der Waals surface area contributed by atoms with Gasteiger partial charge in [0.1, 0.15) is 23.1 Å². The molecule has 0 saturated heterocycles. The van der Waals surface area contributed by atoms with Crippen LogP contribution in [0.4, 0.5) is 0 Å². The SMILES string of the molecule is COc1ccc2c(c1)OC(N)=C(C#N)[C@H]2c1cccc(OC)c1OC. The summed E-state index contributed by atoms with van der Waals surface area (Å²) in [6.45, 7) is 0. The summed E-state index contributed by atoms with van der Waals surface area (Å²) in [5.74, 6) is 1.97. The zero-order valence-electron chi connectivity index (χ0n) is 14.2. The van der Waals surface area contributed by atoms with Crippen molar-refractivity contribution in [2.24, 2.45) is 5.73 Å². The molecule has 0 aromatic heterocycles. The van der Waals surface area contributed by atoms with E-state index in [-0.39, 0.29) is 5.88 Å². The number of hydrogen-bond acceptors (Lipinski definition) is 6. The van der Waals surface area contributed by atoms with Gasteiger partial charge in [-0.05, 0) is 12.1 Å². The van der Waals surface area contributed by atoms with Gasteiger partial charge in [-0.2, -0.15) is 5.26 Å². The minimum absolute atomic E-state index is 0.0677. The summed E-state index contributed by atoms with van der Waals surface area (Å²) in [7, 11) is 4.71. The number of ether oxygens (including phenoxy) is 4. The number of allylic oxidation sites excluding steroid dienone is 1. The molecule has 0 unspecified atom stereocenters. The Hall–Kier alpha value is -3.33. The average molecular weight is 338 g/mol. The first kappa shape index (κ1) is 16.5. The van der Waals surface area contributed by atoms with E-state index in [1.54, 1.807) is 33.5 Å². The van der Waals surface area contributed by atoms with Crippen molar-refractivity contribution in [1.82, 2.24) is 0 Å². The Labute approximate surface area is 146 Å². The van der Waals surface area contributed by atoms with Crippen molar-refractivity contribution in [3.8, 4) is 29.1 Å². The standard InChI is InChI=1S/C19H18N2O4/c1-22-11-7-8-12-16(9-11)25-19(21)14(10-20)17(12)13-5-4-6-15(23-2)18(13)24-3/h4-9,17H,21H2,1-3H3/t17-/m1/s1. The molecule has 1 atom stereocenters. The highest BCUT2D eigenvalue weighted by Gasteiger charge is 2.33. The number of fused-ring (bicyclic) bond motifs is 1. The monoisotopic (exact) mass is 338 g/mol. The van der Waals surface area contributed by atoms with Crippen molar-refractivity contribution in [3.63, 3.8) is 0 Å². The van der Waals surface area contributed by atoms with Gasteiger partial charge < -0.3 is 24.7 Å². The first-order chi connectivity index (χ1) is 12.1. The molecule has 0 fully saturated rings. The summed E-state index contributed by atoms with van der Waals surface area (Å²) >= 11 is 0. The lowest BCUT2D eigenvalue weighted by atomic mass is 9.83. The lowest BCUT2D eigenvalue weighted by Gasteiger charge is -2.28. The molecular formula is C19H18N2O4. The molecule has 0 aliphatic carbocycles. The Morgan fingerprint density at radius 1 is 1.04 bits per heavy atom. The van der Waals surface area contributed by atoms with Gasteiger partial charge in [0.15, 0.2) is 11.5 Å². The van der Waals surface area contributed by atoms with E-state index < -0.39 is 5.92 Å². The molecule has 0 spiro atoms. The Bertz CT molecular complexity index is 883. The largest absolute Gasteiger partial charge is 0.497 e. The molecule has 0 bridgehead atoms. The second-order valence-corrected chi connectivity index (χ2v) is 5.41. The van der Waals surface area contributed by atoms with Crippen molar-refractivity contribution in [3.05, 3.63) is 59.0 Å². The molecule has 1 heterocycles. The smallest absolute Gasteiger partial charge is 0.205 e. The van der Waals surface area contributed by atoms with Crippen LogP contribution in [0.5, 0.6) is 23.0 Å². The van der Waals surface area contributed by atoms with E-state index in [1.165, 1.54) is 0 Å². The van der Waals surface area contributed by atoms with E-state index in [9.17, 15) is 5.26 Å². The van der Waals surface area contributed by atoms with Crippen molar-refractivity contribution in [2.75, 3.05) is 21.3 Å². The maximum absolute atomic E-state index is 9.64. The van der Waals surface area contributed by atoms with Crippen molar-refractivity contribution >= 4 is 0 Å². The van der Waals surface area contributed by atoms with Gasteiger partial charge in [-0.25, -0.2) is 0 Å². The number of nitriles is 1. The van der Waals surface area contributed by atoms with Crippen LogP contribution in [0, 0.1) is 11.3 Å². The molecule has 6 heteroatoms. The number of benzene rings is 2. The molecule has 1 aliphatic heterocycles. The highest BCUT2D eigenvalue weighted by atomic mass is 16.5. The van der Waals surface area contributed by atoms with Gasteiger partial charge in [-0.3, -0.25) is 0 Å². The number of methoxy groups -OCH3 is 3. The fraction of sp³-hybridized carbons (Fsp3) is 0.211. The Kier molecular flexibility index (Phi) is 4.40. The van der Waals surface area contributed by atoms with E-state index in [1.807, 2.05) is 24.3 Å². The topological polar surface area (TPSA) is 86.7 Å². The fourth-order valence-electron chi connectivity index (χ4n) is 3.02. The van der Waals surface area contributed by atoms with Gasteiger partial charge in [-0.15, -0.1) is 0 Å². The highest BCUT2D eigenvalue weighted by Crippen LogP contribution is 2.47. The van der Waals surface area contributed by atoms with Gasteiger partial charge in [-0.1, -0.05) is 18.2 Å². The molecule has 6 nitrogen and oxygen atoms in total. The highest BCUT2D eigenvalue weighted by molar-refractivity contribution is 5.61. The zero-order chi connectivity index (χ0) is 18.0. The van der Waals surface area contributed by atoms with Crippen molar-refractivity contribution < 1.29 is 18.9 Å². The Morgan fingerprint density at radius 3 is 2.48 bits per heavy atom. The summed E-state index contributed by atoms with van der Waals surface area (Å²) in [6.07, 6.45) is 0. The van der Waals surface area contributed by atoms with Crippen molar-refractivity contribution in [2.45, 2.75) is 5.92 Å². The van der Waals surface area contributed by atoms with Crippen LogP contribution in [0.15, 0.2) is 47.9 Å². The first-order valence-corrected chi connectivity index (χ1v) is 7.61. The van der Waals surface area contributed by atoms with Crippen LogP contribution < -0.4 is 24.7 Å². The maximum atomic E-state index is 9.64. The quantitative estimate of drug-likeness (QED) is 0.922. The lowest BCUT2D eigenvalue weighted by molar-refractivity contribution is 0.348. The molecule has 3 rings (SSSR count). The number of nitrogens with zero attached hydrogens (tertiary/aromatic N) is 1. The van der Waals surface area contributed by atoms with Gasteiger partial charge >= 0.3 is 0 Å². The molecule has 2 aromatic rings. The Morgan fingerprint density at radius 2 is 1.84 bits per heavy atom. The molecular weight excluding hydrogens is 320 g/mol. The molecule has 2 aromatic carbocycles. The first-order valence-electron chi connectivity index (χ1n) is 7.61. The molecule has 0 saturated carbocycles. The van der Waals surface area contributed by atoms with Crippen molar-refractivity contribution in [1.29, 1.82) is 5.26 Å². The van der Waals surface area contributed by atoms with Crippen LogP contribution >= 0.6 is 0 Å². The number of rotatable bonds is 4. The third-order valence-corrected chi connectivity index (χ3v) is 4.17. The van der Waals surface area contributed by atoms with E-state index >= 15 is 0 Å². The minimum atomic E-state index is -0.426. The predicted octanol–water partition coefficient (Wildman–Crippen LogP) is 2.93. The predicted molar refractivity (Wildman–Crippen MR) is 91.8 cm³/mol. The molecule has 0 radical (unpaired) electrons. The zero-order valence-corrected chi connectivity index (χ0v) is 14.2. The van der Waals surface area contributed by atoms with Crippen LogP contribution in [0.25, 0.3) is 0 Å². The summed E-state index contributed by atoms with van der Waals surface area (Å²) < 4.78 is 21.8. The van der Waals surface area contributed by atoms with Crippen LogP contribution in [0.2, 0.25) is 0 Å². The van der Waals surface area contributed by atoms with Crippen LogP contribution in [-0.4, -0.2) is 21.3 Å². The molecule has 1 aliphatic rings. The van der Waals surface area contributed by atoms with Gasteiger partial charge in [0.25, 0.3) is 0 Å². The summed E-state index contributed by atoms with van der Waals surface area (Å²) in [5, 5.41) is 9.64. The van der Waals surface area contributed by atoms with E-state index in [2.05, 4.69) is 6.07 Å². The second-order valence-electron chi connectivity index (χ2n) is 5.41. The van der Waals surface area contributed by atoms with Gasteiger partial charge in [0.05, 0.1) is 27.2 Å². The third kappa shape index (κ3) is 2.70. The number of hydrogen-bond donors (Lipinski definition) is 1. The number of para-hydroxylation sites is 1. The summed E-state index contributed by atoms with van der Waals surface area (Å²) in [4.78, 5) is 0. The van der Waals surface area contributed by atoms with Gasteiger partial charge in [0, 0.05) is 17.2 Å². The molecule has 25 heavy (non-hydrogen) atoms. The maximum Gasteiger partial charge on any atom is 0.205 e.